The second-order valence-corrected chi connectivity index (χ2v) is 8.94. The molecular weight excluding hydrogens is 424 g/mol. The summed E-state index contributed by atoms with van der Waals surface area (Å²) >= 11 is 0. The molecule has 2 heterocycles. The van der Waals surface area contributed by atoms with E-state index in [0.717, 1.165) is 23.3 Å². The van der Waals surface area contributed by atoms with Gasteiger partial charge in [-0.2, -0.15) is 5.10 Å². The zero-order valence-corrected chi connectivity index (χ0v) is 18.3. The zero-order valence-electron chi connectivity index (χ0n) is 18.3. The lowest BCUT2D eigenvalue weighted by atomic mass is 9.90. The van der Waals surface area contributed by atoms with Crippen LogP contribution >= 0.6 is 0 Å². The van der Waals surface area contributed by atoms with E-state index in [1.807, 2.05) is 26.0 Å². The molecule has 0 bridgehead atoms. The minimum Gasteiger partial charge on any atom is -0.487 e. The number of nitrogens with zero attached hydrogens (tertiary/aromatic N) is 2. The number of carbonyl (C=O) groups is 1. The molecule has 2 amide bonds. The van der Waals surface area contributed by atoms with Gasteiger partial charge in [-0.3, -0.25) is 0 Å². The van der Waals surface area contributed by atoms with Crippen LogP contribution in [-0.4, -0.2) is 28.9 Å². The van der Waals surface area contributed by atoms with Gasteiger partial charge in [0.05, 0.1) is 12.3 Å². The first-order chi connectivity index (χ1) is 15.8. The number of anilines is 1. The number of ether oxygens (including phenoxy) is 1. The zero-order chi connectivity index (χ0) is 23.2. The predicted octanol–water partition coefficient (Wildman–Crippen LogP) is 5.71. The minimum absolute atomic E-state index is 0.211. The molecule has 2 aliphatic rings. The molecule has 168 valence electrons. The Balaban J connectivity index is 1.42. The van der Waals surface area contributed by atoms with E-state index in [2.05, 4.69) is 10.4 Å². The summed E-state index contributed by atoms with van der Waals surface area (Å²) in [6, 6.07) is 17.4. The summed E-state index contributed by atoms with van der Waals surface area (Å²) in [7, 11) is 0. The molecule has 0 fully saturated rings. The summed E-state index contributed by atoms with van der Waals surface area (Å²) in [5, 5.41) is 8.64. The number of carbonyl (C=O) groups excluding carboxylic acids is 1. The molecule has 5 nitrogen and oxygen atoms in total. The monoisotopic (exact) mass is 447 g/mol. The molecule has 2 aliphatic heterocycles. The van der Waals surface area contributed by atoms with Crippen molar-refractivity contribution in [2.24, 2.45) is 5.10 Å². The molecule has 0 saturated carbocycles. The fraction of sp³-hybridized carbons (Fsp3) is 0.231. The third-order valence-electron chi connectivity index (χ3n) is 5.88. The van der Waals surface area contributed by atoms with Crippen molar-refractivity contribution in [1.29, 1.82) is 0 Å². The van der Waals surface area contributed by atoms with Crippen LogP contribution in [0.4, 0.5) is 19.3 Å². The van der Waals surface area contributed by atoms with Crippen LogP contribution in [0.2, 0.25) is 0 Å². The Labute approximate surface area is 190 Å². The maximum absolute atomic E-state index is 14.6. The first kappa shape index (κ1) is 21.1. The van der Waals surface area contributed by atoms with E-state index in [9.17, 15) is 13.6 Å². The lowest BCUT2D eigenvalue weighted by Crippen LogP contribution is -2.30. The van der Waals surface area contributed by atoms with Gasteiger partial charge in [0.2, 0.25) is 0 Å². The van der Waals surface area contributed by atoms with E-state index in [4.69, 9.17) is 4.74 Å². The number of benzene rings is 3. The van der Waals surface area contributed by atoms with Crippen molar-refractivity contribution in [3.63, 3.8) is 0 Å². The van der Waals surface area contributed by atoms with Gasteiger partial charge >= 0.3 is 6.03 Å². The van der Waals surface area contributed by atoms with Gasteiger partial charge < -0.3 is 10.1 Å². The molecule has 33 heavy (non-hydrogen) atoms. The van der Waals surface area contributed by atoms with E-state index < -0.39 is 11.8 Å². The van der Waals surface area contributed by atoms with E-state index in [1.165, 1.54) is 23.2 Å². The predicted molar refractivity (Wildman–Crippen MR) is 123 cm³/mol. The third kappa shape index (κ3) is 4.18. The highest BCUT2D eigenvalue weighted by molar-refractivity contribution is 6.08. The van der Waals surface area contributed by atoms with E-state index >= 15 is 0 Å². The molecule has 5 rings (SSSR count). The van der Waals surface area contributed by atoms with Crippen molar-refractivity contribution in [2.45, 2.75) is 31.8 Å². The highest BCUT2D eigenvalue weighted by Gasteiger charge is 2.34. The molecule has 3 aromatic rings. The van der Waals surface area contributed by atoms with Gasteiger partial charge in [0.15, 0.2) is 0 Å². The normalized spacial score (nSPS) is 18.5. The van der Waals surface area contributed by atoms with E-state index in [-0.39, 0.29) is 23.9 Å². The topological polar surface area (TPSA) is 53.9 Å². The molecule has 0 spiro atoms. The van der Waals surface area contributed by atoms with Crippen LogP contribution in [0.25, 0.3) is 0 Å². The molecule has 0 aromatic heterocycles. The first-order valence-corrected chi connectivity index (χ1v) is 10.8. The number of hydrazone groups is 1. The van der Waals surface area contributed by atoms with Gasteiger partial charge in [-0.25, -0.2) is 18.6 Å². The summed E-state index contributed by atoms with van der Waals surface area (Å²) < 4.78 is 34.0. The Bertz CT molecular complexity index is 1250. The fourth-order valence-electron chi connectivity index (χ4n) is 4.37. The van der Waals surface area contributed by atoms with Crippen molar-refractivity contribution < 1.29 is 18.3 Å². The first-order valence-electron chi connectivity index (χ1n) is 10.8. The Morgan fingerprint density at radius 3 is 2.61 bits per heavy atom. The Kier molecular flexibility index (Phi) is 5.12. The molecule has 7 heteroatoms. The summed E-state index contributed by atoms with van der Waals surface area (Å²) in [6.07, 6.45) is 0.748. The van der Waals surface area contributed by atoms with Gasteiger partial charge in [0.1, 0.15) is 23.0 Å². The van der Waals surface area contributed by atoms with Crippen LogP contribution in [0, 0.1) is 11.6 Å². The van der Waals surface area contributed by atoms with Gasteiger partial charge in [-0.05, 0) is 55.8 Å². The van der Waals surface area contributed by atoms with Crippen LogP contribution in [0.15, 0.2) is 71.8 Å². The largest absolute Gasteiger partial charge is 0.487 e. The van der Waals surface area contributed by atoms with Crippen molar-refractivity contribution in [3.05, 3.63) is 95.1 Å². The Hall–Kier alpha value is -3.74. The van der Waals surface area contributed by atoms with E-state index in [1.54, 1.807) is 36.4 Å². The molecular formula is C26H23F2N3O2. The maximum Gasteiger partial charge on any atom is 0.342 e. The minimum atomic E-state index is -0.424. The SMILES string of the molecule is CC1(C)Cc2cc(NC(=O)N3CC(c4ccc(F)cc4)C(c4ccccc4F)=N3)ccc2O1. The Morgan fingerprint density at radius 2 is 1.85 bits per heavy atom. The number of amides is 2. The van der Waals surface area contributed by atoms with Gasteiger partial charge in [-0.1, -0.05) is 30.3 Å². The van der Waals surface area contributed by atoms with Crippen molar-refractivity contribution >= 4 is 17.4 Å². The lowest BCUT2D eigenvalue weighted by molar-refractivity contribution is 0.138. The van der Waals surface area contributed by atoms with Gasteiger partial charge in [0.25, 0.3) is 0 Å². The smallest absolute Gasteiger partial charge is 0.342 e. The number of rotatable bonds is 3. The molecule has 1 N–H and O–H groups in total. The molecule has 3 aromatic carbocycles. The van der Waals surface area contributed by atoms with Crippen LogP contribution in [-0.2, 0) is 6.42 Å². The van der Waals surface area contributed by atoms with Crippen molar-refractivity contribution in [2.75, 3.05) is 11.9 Å². The van der Waals surface area contributed by atoms with Crippen LogP contribution in [0.3, 0.4) is 0 Å². The van der Waals surface area contributed by atoms with Crippen LogP contribution in [0.1, 0.15) is 36.5 Å². The standard InChI is InChI=1S/C26H23F2N3O2/c1-26(2)14-17-13-19(11-12-23(17)33-26)29-25(32)31-15-21(16-7-9-18(27)10-8-16)24(30-31)20-5-3-4-6-22(20)28/h3-13,21H,14-15H2,1-2H3,(H,29,32). The summed E-state index contributed by atoms with van der Waals surface area (Å²) in [5.74, 6) is -0.357. The highest BCUT2D eigenvalue weighted by atomic mass is 19.1. The molecule has 0 aliphatic carbocycles. The number of nitrogens with one attached hydrogen (secondary N) is 1. The second kappa shape index (κ2) is 7.99. The number of fused-ring (bicyclic) bond motifs is 1. The average molecular weight is 447 g/mol. The molecule has 1 unspecified atom stereocenters. The quantitative estimate of drug-likeness (QED) is 0.559. The number of urea groups is 1. The van der Waals surface area contributed by atoms with Crippen molar-refractivity contribution in [1.82, 2.24) is 5.01 Å². The lowest BCUT2D eigenvalue weighted by Gasteiger charge is -2.16. The van der Waals surface area contributed by atoms with Crippen molar-refractivity contribution in [3.8, 4) is 5.75 Å². The third-order valence-corrected chi connectivity index (χ3v) is 5.88. The fourth-order valence-corrected chi connectivity index (χ4v) is 4.37. The summed E-state index contributed by atoms with van der Waals surface area (Å²) in [6.45, 7) is 4.25. The average Bonchev–Trinajstić information content (AvgIpc) is 3.34. The second-order valence-electron chi connectivity index (χ2n) is 8.94. The Morgan fingerprint density at radius 1 is 1.09 bits per heavy atom. The van der Waals surface area contributed by atoms with Gasteiger partial charge in [-0.15, -0.1) is 0 Å². The van der Waals surface area contributed by atoms with Gasteiger partial charge in [0, 0.05) is 29.2 Å². The van der Waals surface area contributed by atoms with Crippen LogP contribution < -0.4 is 10.1 Å². The molecule has 0 saturated heterocycles. The molecule has 1 atom stereocenters. The highest BCUT2D eigenvalue weighted by Crippen LogP contribution is 2.36. The summed E-state index contributed by atoms with van der Waals surface area (Å²) in [5.41, 5.74) is 2.89. The van der Waals surface area contributed by atoms with Crippen LogP contribution in [0.5, 0.6) is 5.75 Å². The summed E-state index contributed by atoms with van der Waals surface area (Å²) in [4.78, 5) is 13.1. The molecule has 0 radical (unpaired) electrons. The number of hydrogen-bond donors (Lipinski definition) is 1. The van der Waals surface area contributed by atoms with E-state index in [0.29, 0.717) is 17.0 Å². The number of hydrogen-bond acceptors (Lipinski definition) is 3. The maximum atomic E-state index is 14.6. The number of halogens is 2.